The Hall–Kier alpha value is -3.96. The molecule has 0 aliphatic carbocycles. The van der Waals surface area contributed by atoms with Crippen LogP contribution in [0, 0.1) is 0 Å². The molecule has 0 aliphatic rings. The molecule has 0 spiro atoms. The Labute approximate surface area is 183 Å². The van der Waals surface area contributed by atoms with Crippen molar-refractivity contribution in [3.8, 4) is 33.5 Å². The number of nitrogen functional groups attached to an aromatic ring is 1. The second kappa shape index (κ2) is 7.70. The van der Waals surface area contributed by atoms with Crippen LogP contribution in [0.3, 0.4) is 0 Å². The highest BCUT2D eigenvalue weighted by molar-refractivity contribution is 7.21. The first-order valence-electron chi connectivity index (χ1n) is 9.86. The first-order chi connectivity index (χ1) is 15.1. The van der Waals surface area contributed by atoms with E-state index in [-0.39, 0.29) is 0 Å². The van der Waals surface area contributed by atoms with Gasteiger partial charge in [0.15, 0.2) is 0 Å². The quantitative estimate of drug-likeness (QED) is 0.374. The Kier molecular flexibility index (Phi) is 4.73. The standard InChI is InChI=1S/C26H19N3OS/c27-23-22-20(17-10-5-2-6-11-17)15-21(29-26(22)31-24(23)25(28)30)19-13-7-12-18(14-19)16-8-3-1-4-9-16/h1-15H,27H2,(H2,28,30). The van der Waals surface area contributed by atoms with Crippen molar-refractivity contribution in [3.63, 3.8) is 0 Å². The van der Waals surface area contributed by atoms with E-state index in [1.807, 2.05) is 66.7 Å². The second-order valence-electron chi connectivity index (χ2n) is 7.26. The summed E-state index contributed by atoms with van der Waals surface area (Å²) in [6, 6.07) is 30.6. The summed E-state index contributed by atoms with van der Waals surface area (Å²) in [6.07, 6.45) is 0. The molecule has 1 amide bonds. The summed E-state index contributed by atoms with van der Waals surface area (Å²) in [4.78, 5) is 17.8. The number of primary amides is 1. The van der Waals surface area contributed by atoms with Gasteiger partial charge < -0.3 is 11.5 Å². The molecule has 2 aromatic heterocycles. The van der Waals surface area contributed by atoms with Gasteiger partial charge in [-0.05, 0) is 34.4 Å². The molecule has 31 heavy (non-hydrogen) atoms. The van der Waals surface area contributed by atoms with Crippen molar-refractivity contribution < 1.29 is 4.79 Å². The van der Waals surface area contributed by atoms with E-state index in [4.69, 9.17) is 16.5 Å². The van der Waals surface area contributed by atoms with Gasteiger partial charge in [-0.2, -0.15) is 0 Å². The van der Waals surface area contributed by atoms with Gasteiger partial charge in [0, 0.05) is 10.9 Å². The predicted molar refractivity (Wildman–Crippen MR) is 129 cm³/mol. The Morgan fingerprint density at radius 2 is 1.35 bits per heavy atom. The molecule has 0 saturated carbocycles. The van der Waals surface area contributed by atoms with Crippen LogP contribution in [0.4, 0.5) is 5.69 Å². The zero-order valence-electron chi connectivity index (χ0n) is 16.6. The minimum Gasteiger partial charge on any atom is -0.397 e. The Balaban J connectivity index is 1.75. The summed E-state index contributed by atoms with van der Waals surface area (Å²) in [7, 11) is 0. The van der Waals surface area contributed by atoms with Crippen LogP contribution in [0.25, 0.3) is 43.7 Å². The lowest BCUT2D eigenvalue weighted by Gasteiger charge is -2.10. The smallest absolute Gasteiger partial charge is 0.260 e. The molecule has 0 saturated heterocycles. The number of thiophene rings is 1. The lowest BCUT2D eigenvalue weighted by molar-refractivity contribution is 0.100. The van der Waals surface area contributed by atoms with Gasteiger partial charge in [-0.25, -0.2) is 4.98 Å². The van der Waals surface area contributed by atoms with Gasteiger partial charge in [0.2, 0.25) is 0 Å². The normalized spacial score (nSPS) is 11.0. The van der Waals surface area contributed by atoms with E-state index in [0.29, 0.717) is 15.4 Å². The third kappa shape index (κ3) is 3.45. The maximum atomic E-state index is 11.9. The minimum absolute atomic E-state index is 0.342. The fourth-order valence-corrected chi connectivity index (χ4v) is 4.76. The Morgan fingerprint density at radius 1 is 0.742 bits per heavy atom. The van der Waals surface area contributed by atoms with Crippen LogP contribution in [0.2, 0.25) is 0 Å². The Morgan fingerprint density at radius 3 is 2.03 bits per heavy atom. The van der Waals surface area contributed by atoms with Crippen LogP contribution in [-0.4, -0.2) is 10.9 Å². The Bertz CT molecular complexity index is 1410. The molecule has 0 radical (unpaired) electrons. The summed E-state index contributed by atoms with van der Waals surface area (Å²) in [6.45, 7) is 0. The molecule has 0 bridgehead atoms. The van der Waals surface area contributed by atoms with Gasteiger partial charge in [-0.1, -0.05) is 78.9 Å². The number of hydrogen-bond donors (Lipinski definition) is 2. The van der Waals surface area contributed by atoms with Crippen molar-refractivity contribution >= 4 is 33.1 Å². The average Bonchev–Trinajstić information content (AvgIpc) is 3.16. The molecule has 2 heterocycles. The number of carbonyl (C=O) groups is 1. The van der Waals surface area contributed by atoms with Crippen LogP contribution in [-0.2, 0) is 0 Å². The summed E-state index contributed by atoms with van der Waals surface area (Å²) in [5.74, 6) is -0.535. The molecule has 4 nitrogen and oxygen atoms in total. The number of anilines is 1. The number of carbonyl (C=O) groups excluding carboxylic acids is 1. The number of nitrogens with two attached hydrogens (primary N) is 2. The number of fused-ring (bicyclic) bond motifs is 1. The third-order valence-corrected chi connectivity index (χ3v) is 6.39. The van der Waals surface area contributed by atoms with Crippen LogP contribution >= 0.6 is 11.3 Å². The van der Waals surface area contributed by atoms with Crippen molar-refractivity contribution in [2.75, 3.05) is 5.73 Å². The van der Waals surface area contributed by atoms with Crippen LogP contribution < -0.4 is 11.5 Å². The number of nitrogens with zero attached hydrogens (tertiary/aromatic N) is 1. The molecule has 4 N–H and O–H groups in total. The van der Waals surface area contributed by atoms with E-state index in [2.05, 4.69) is 24.3 Å². The van der Waals surface area contributed by atoms with Crippen LogP contribution in [0.1, 0.15) is 9.67 Å². The number of aromatic nitrogens is 1. The number of hydrogen-bond acceptors (Lipinski definition) is 4. The summed E-state index contributed by atoms with van der Waals surface area (Å²) in [5.41, 5.74) is 18.3. The van der Waals surface area contributed by atoms with Crippen LogP contribution in [0.15, 0.2) is 91.0 Å². The summed E-state index contributed by atoms with van der Waals surface area (Å²) in [5, 5.41) is 0.771. The van der Waals surface area contributed by atoms with E-state index < -0.39 is 5.91 Å². The second-order valence-corrected chi connectivity index (χ2v) is 8.26. The van der Waals surface area contributed by atoms with Crippen molar-refractivity contribution in [1.29, 1.82) is 0 Å². The average molecular weight is 422 g/mol. The maximum Gasteiger partial charge on any atom is 0.260 e. The lowest BCUT2D eigenvalue weighted by Crippen LogP contribution is -2.10. The van der Waals surface area contributed by atoms with Gasteiger partial charge >= 0.3 is 0 Å². The number of amides is 1. The molecule has 0 fully saturated rings. The fourth-order valence-electron chi connectivity index (χ4n) is 3.79. The summed E-state index contributed by atoms with van der Waals surface area (Å²) >= 11 is 1.24. The first-order valence-corrected chi connectivity index (χ1v) is 10.7. The molecule has 5 heteroatoms. The maximum absolute atomic E-state index is 11.9. The van der Waals surface area contributed by atoms with Gasteiger partial charge in [0.05, 0.1) is 11.4 Å². The molecule has 150 valence electrons. The highest BCUT2D eigenvalue weighted by Gasteiger charge is 2.20. The van der Waals surface area contributed by atoms with E-state index in [1.165, 1.54) is 11.3 Å². The minimum atomic E-state index is -0.535. The van der Waals surface area contributed by atoms with E-state index in [1.54, 1.807) is 0 Å². The van der Waals surface area contributed by atoms with Crippen molar-refractivity contribution in [2.45, 2.75) is 0 Å². The van der Waals surface area contributed by atoms with E-state index >= 15 is 0 Å². The van der Waals surface area contributed by atoms with Crippen molar-refractivity contribution in [3.05, 3.63) is 95.9 Å². The van der Waals surface area contributed by atoms with E-state index in [9.17, 15) is 4.79 Å². The van der Waals surface area contributed by atoms with Gasteiger partial charge in [-0.15, -0.1) is 11.3 Å². The molecule has 5 rings (SSSR count). The van der Waals surface area contributed by atoms with Crippen molar-refractivity contribution in [2.24, 2.45) is 5.73 Å². The molecule has 0 unspecified atom stereocenters. The number of rotatable bonds is 4. The van der Waals surface area contributed by atoms with E-state index in [0.717, 1.165) is 38.9 Å². The van der Waals surface area contributed by atoms with Crippen LogP contribution in [0.5, 0.6) is 0 Å². The predicted octanol–water partition coefficient (Wildman–Crippen LogP) is 5.98. The molecule has 3 aromatic carbocycles. The molecule has 5 aromatic rings. The van der Waals surface area contributed by atoms with Gasteiger partial charge in [-0.3, -0.25) is 4.79 Å². The highest BCUT2D eigenvalue weighted by Crippen LogP contribution is 2.41. The molecular weight excluding hydrogens is 402 g/mol. The topological polar surface area (TPSA) is 82.0 Å². The lowest BCUT2D eigenvalue weighted by atomic mass is 9.97. The van der Waals surface area contributed by atoms with Gasteiger partial charge in [0.25, 0.3) is 5.91 Å². The zero-order chi connectivity index (χ0) is 21.4. The molecule has 0 atom stereocenters. The fraction of sp³-hybridized carbons (Fsp3) is 0. The largest absolute Gasteiger partial charge is 0.397 e. The first kappa shape index (κ1) is 19.0. The monoisotopic (exact) mass is 421 g/mol. The number of pyridine rings is 1. The zero-order valence-corrected chi connectivity index (χ0v) is 17.4. The van der Waals surface area contributed by atoms with Gasteiger partial charge in [0.1, 0.15) is 9.71 Å². The molecular formula is C26H19N3OS. The van der Waals surface area contributed by atoms with Crippen molar-refractivity contribution in [1.82, 2.24) is 4.98 Å². The summed E-state index contributed by atoms with van der Waals surface area (Å²) < 4.78 is 0. The third-order valence-electron chi connectivity index (χ3n) is 5.27. The SMILES string of the molecule is NC(=O)c1sc2nc(-c3cccc(-c4ccccc4)c3)cc(-c3ccccc3)c2c1N. The highest BCUT2D eigenvalue weighted by atomic mass is 32.1. The molecule has 0 aliphatic heterocycles. The number of benzene rings is 3.